The molecule has 0 spiro atoms. The number of anilines is 1. The molecule has 1 fully saturated rings. The summed E-state index contributed by atoms with van der Waals surface area (Å²) in [5.74, 6) is 0. The Morgan fingerprint density at radius 2 is 2.06 bits per heavy atom. The van der Waals surface area contributed by atoms with Gasteiger partial charge in [0.1, 0.15) is 5.66 Å². The molecule has 2 N–H and O–H groups in total. The van der Waals surface area contributed by atoms with Gasteiger partial charge >= 0.3 is 0 Å². The van der Waals surface area contributed by atoms with Gasteiger partial charge in [0.05, 0.1) is 5.69 Å². The molecule has 1 heterocycles. The molecule has 5 heteroatoms. The number of halogens is 1. The molecular weight excluding hydrogens is 254 g/mol. The van der Waals surface area contributed by atoms with Crippen molar-refractivity contribution < 1.29 is 0 Å². The summed E-state index contributed by atoms with van der Waals surface area (Å²) in [4.78, 5) is 0. The van der Waals surface area contributed by atoms with Crippen molar-refractivity contribution >= 4 is 34.6 Å². The molecule has 0 atom stereocenters. The fraction of sp³-hybridized carbons (Fsp3) is 0.417. The number of hydrazine groups is 1. The van der Waals surface area contributed by atoms with E-state index in [4.69, 9.17) is 23.8 Å². The Labute approximate surface area is 112 Å². The Morgan fingerprint density at radius 3 is 2.59 bits per heavy atom. The van der Waals surface area contributed by atoms with Gasteiger partial charge in [-0.2, -0.15) is 0 Å². The number of hydrogen-bond donors (Lipinski definition) is 2. The van der Waals surface area contributed by atoms with Gasteiger partial charge in [-0.05, 0) is 43.3 Å². The average Bonchev–Trinajstić information content (AvgIpc) is 2.67. The van der Waals surface area contributed by atoms with Crippen molar-refractivity contribution in [3.8, 4) is 0 Å². The summed E-state index contributed by atoms with van der Waals surface area (Å²) in [5, 5.41) is 6.62. The molecular formula is C12H16ClN3S. The summed E-state index contributed by atoms with van der Waals surface area (Å²) < 4.78 is 0. The van der Waals surface area contributed by atoms with E-state index < -0.39 is 0 Å². The summed E-state index contributed by atoms with van der Waals surface area (Å²) in [6, 6.07) is 7.64. The van der Waals surface area contributed by atoms with Gasteiger partial charge in [-0.25, -0.2) is 10.4 Å². The number of hydrogen-bond acceptors (Lipinski definition) is 2. The standard InChI is InChI=1S/C12H16ClN3S/c1-3-12(4-2)14-11(17)16(15-12)10-7-5-6-9(13)8-10/h5-8,15H,3-4H2,1-2H3,(H,14,17). The van der Waals surface area contributed by atoms with Gasteiger partial charge in [0.15, 0.2) is 5.11 Å². The van der Waals surface area contributed by atoms with E-state index in [1.54, 1.807) is 0 Å². The molecule has 3 nitrogen and oxygen atoms in total. The van der Waals surface area contributed by atoms with Crippen molar-refractivity contribution in [3.63, 3.8) is 0 Å². The van der Waals surface area contributed by atoms with Gasteiger partial charge in [0, 0.05) is 5.02 Å². The van der Waals surface area contributed by atoms with Gasteiger partial charge in [-0.15, -0.1) is 0 Å². The van der Waals surface area contributed by atoms with E-state index in [-0.39, 0.29) is 5.66 Å². The summed E-state index contributed by atoms with van der Waals surface area (Å²) in [6.45, 7) is 4.27. The monoisotopic (exact) mass is 269 g/mol. The van der Waals surface area contributed by atoms with Crippen LogP contribution in [0.25, 0.3) is 0 Å². The van der Waals surface area contributed by atoms with Crippen LogP contribution in [0.15, 0.2) is 24.3 Å². The third-order valence-electron chi connectivity index (χ3n) is 3.15. The van der Waals surface area contributed by atoms with Crippen LogP contribution in [-0.2, 0) is 0 Å². The van der Waals surface area contributed by atoms with Crippen LogP contribution in [0.5, 0.6) is 0 Å². The summed E-state index contributed by atoms with van der Waals surface area (Å²) in [6.07, 6.45) is 1.92. The van der Waals surface area contributed by atoms with Gasteiger partial charge < -0.3 is 5.32 Å². The number of benzene rings is 1. The highest BCUT2D eigenvalue weighted by Gasteiger charge is 2.37. The molecule has 92 valence electrons. The second-order valence-electron chi connectivity index (χ2n) is 4.15. The first-order valence-corrected chi connectivity index (χ1v) is 6.54. The second-order valence-corrected chi connectivity index (χ2v) is 4.97. The maximum absolute atomic E-state index is 5.99. The molecule has 0 unspecified atom stereocenters. The van der Waals surface area contributed by atoms with Crippen LogP contribution in [0.1, 0.15) is 26.7 Å². The lowest BCUT2D eigenvalue weighted by atomic mass is 10.1. The fourth-order valence-corrected chi connectivity index (χ4v) is 2.47. The molecule has 1 aliphatic heterocycles. The van der Waals surface area contributed by atoms with Gasteiger partial charge in [-0.3, -0.25) is 0 Å². The largest absolute Gasteiger partial charge is 0.342 e. The highest BCUT2D eigenvalue weighted by molar-refractivity contribution is 7.80. The lowest BCUT2D eigenvalue weighted by Gasteiger charge is -2.27. The Hall–Kier alpha value is -0.840. The SMILES string of the molecule is CCC1(CC)NC(=S)N(c2cccc(Cl)c2)N1. The number of nitrogens with one attached hydrogen (secondary N) is 2. The molecule has 17 heavy (non-hydrogen) atoms. The Morgan fingerprint density at radius 1 is 1.35 bits per heavy atom. The van der Waals surface area contributed by atoms with E-state index in [0.717, 1.165) is 18.5 Å². The zero-order valence-corrected chi connectivity index (χ0v) is 11.5. The molecule has 0 aromatic heterocycles. The lowest BCUT2D eigenvalue weighted by molar-refractivity contribution is 0.315. The van der Waals surface area contributed by atoms with E-state index in [2.05, 4.69) is 24.6 Å². The van der Waals surface area contributed by atoms with Crippen LogP contribution in [0.2, 0.25) is 5.02 Å². The summed E-state index contributed by atoms with van der Waals surface area (Å²) >= 11 is 11.3. The highest BCUT2D eigenvalue weighted by Crippen LogP contribution is 2.25. The minimum atomic E-state index is -0.139. The zero-order chi connectivity index (χ0) is 12.5. The van der Waals surface area contributed by atoms with Crippen molar-refractivity contribution in [3.05, 3.63) is 29.3 Å². The first-order valence-electron chi connectivity index (χ1n) is 5.76. The van der Waals surface area contributed by atoms with Crippen molar-refractivity contribution in [2.75, 3.05) is 5.01 Å². The molecule has 1 aromatic rings. The second kappa shape index (κ2) is 4.80. The zero-order valence-electron chi connectivity index (χ0n) is 9.96. The van der Waals surface area contributed by atoms with E-state index in [0.29, 0.717) is 10.1 Å². The van der Waals surface area contributed by atoms with Crippen LogP contribution in [0.4, 0.5) is 5.69 Å². The third-order valence-corrected chi connectivity index (χ3v) is 3.67. The van der Waals surface area contributed by atoms with Crippen LogP contribution in [0, 0.1) is 0 Å². The van der Waals surface area contributed by atoms with Gasteiger partial charge in [0.25, 0.3) is 0 Å². The molecule has 0 radical (unpaired) electrons. The Kier molecular flexibility index (Phi) is 3.56. The maximum Gasteiger partial charge on any atom is 0.189 e. The molecule has 2 rings (SSSR count). The molecule has 1 aromatic carbocycles. The average molecular weight is 270 g/mol. The van der Waals surface area contributed by atoms with E-state index in [9.17, 15) is 0 Å². The van der Waals surface area contributed by atoms with Crippen molar-refractivity contribution in [1.29, 1.82) is 0 Å². The van der Waals surface area contributed by atoms with Crippen molar-refractivity contribution in [1.82, 2.24) is 10.7 Å². The molecule has 0 saturated carbocycles. The number of rotatable bonds is 3. The predicted molar refractivity (Wildman–Crippen MR) is 76.1 cm³/mol. The highest BCUT2D eigenvalue weighted by atomic mass is 35.5. The number of nitrogens with zero attached hydrogens (tertiary/aromatic N) is 1. The minimum Gasteiger partial charge on any atom is -0.342 e. The van der Waals surface area contributed by atoms with Crippen LogP contribution in [0.3, 0.4) is 0 Å². The minimum absolute atomic E-state index is 0.139. The normalized spacial score (nSPS) is 18.3. The van der Waals surface area contributed by atoms with Gasteiger partial charge in [0.2, 0.25) is 0 Å². The molecule has 1 saturated heterocycles. The third kappa shape index (κ3) is 2.39. The van der Waals surface area contributed by atoms with Gasteiger partial charge in [-0.1, -0.05) is 31.5 Å². The fourth-order valence-electron chi connectivity index (χ4n) is 1.94. The number of thiocarbonyl (C=S) groups is 1. The van der Waals surface area contributed by atoms with Crippen LogP contribution >= 0.6 is 23.8 Å². The Balaban J connectivity index is 2.27. The molecule has 1 aliphatic rings. The smallest absolute Gasteiger partial charge is 0.189 e. The molecule has 0 bridgehead atoms. The van der Waals surface area contributed by atoms with E-state index >= 15 is 0 Å². The Bertz CT molecular complexity index is 432. The summed E-state index contributed by atoms with van der Waals surface area (Å²) in [7, 11) is 0. The quantitative estimate of drug-likeness (QED) is 0.825. The molecule has 0 aliphatic carbocycles. The molecule has 0 amide bonds. The first kappa shape index (κ1) is 12.6. The van der Waals surface area contributed by atoms with Crippen LogP contribution < -0.4 is 15.8 Å². The topological polar surface area (TPSA) is 27.3 Å². The first-order chi connectivity index (χ1) is 8.10. The summed E-state index contributed by atoms with van der Waals surface area (Å²) in [5.41, 5.74) is 4.24. The van der Waals surface area contributed by atoms with Crippen molar-refractivity contribution in [2.24, 2.45) is 0 Å². The van der Waals surface area contributed by atoms with Crippen LogP contribution in [-0.4, -0.2) is 10.8 Å². The predicted octanol–water partition coefficient (Wildman–Crippen LogP) is 3.06. The van der Waals surface area contributed by atoms with E-state index in [1.165, 1.54) is 0 Å². The lowest BCUT2D eigenvalue weighted by Crippen LogP contribution is -2.50. The van der Waals surface area contributed by atoms with E-state index in [1.807, 2.05) is 29.3 Å². The maximum atomic E-state index is 5.99. The van der Waals surface area contributed by atoms with Crippen molar-refractivity contribution in [2.45, 2.75) is 32.4 Å².